The van der Waals surface area contributed by atoms with E-state index < -0.39 is 73.7 Å². The molecule has 4 aromatic rings. The second kappa shape index (κ2) is 16.6. The highest BCUT2D eigenvalue weighted by Gasteiger charge is 2.62. The Kier molecular flexibility index (Phi) is 11.1. The van der Waals surface area contributed by atoms with Gasteiger partial charge in [-0.2, -0.15) is 9.61 Å². The number of hydrogen-bond donors (Lipinski definition) is 3. The van der Waals surface area contributed by atoms with Crippen molar-refractivity contribution in [2.24, 2.45) is 5.92 Å². The van der Waals surface area contributed by atoms with Crippen LogP contribution in [0.1, 0.15) is 83.5 Å². The highest BCUT2D eigenvalue weighted by molar-refractivity contribution is 7.91. The molecule has 2 aliphatic heterocycles. The summed E-state index contributed by atoms with van der Waals surface area (Å²) in [6, 6.07) is 12.7. The van der Waals surface area contributed by atoms with Gasteiger partial charge >= 0.3 is 6.09 Å². The molecular formula is C43H48N8O10S. The van der Waals surface area contributed by atoms with Crippen LogP contribution < -0.4 is 20.1 Å². The molecule has 326 valence electrons. The van der Waals surface area contributed by atoms with Crippen molar-refractivity contribution in [2.45, 2.75) is 119 Å². The van der Waals surface area contributed by atoms with Crippen molar-refractivity contribution in [3.63, 3.8) is 0 Å². The number of sulfonamides is 1. The summed E-state index contributed by atoms with van der Waals surface area (Å²) in [5, 5.41) is 22.2. The lowest BCUT2D eigenvalue weighted by Gasteiger charge is -2.30. The summed E-state index contributed by atoms with van der Waals surface area (Å²) in [5.74, 6) is -2.32. The van der Waals surface area contributed by atoms with Crippen LogP contribution in [0.5, 0.6) is 5.88 Å². The largest absolute Gasteiger partial charge is 0.472 e. The second-order valence-electron chi connectivity index (χ2n) is 17.0. The number of nitrogens with one attached hydrogen (secondary N) is 3. The summed E-state index contributed by atoms with van der Waals surface area (Å²) in [6.07, 6.45) is 9.39. The number of non-ortho nitro benzene ring substituents is 1. The standard InChI is InChI=1S/C43H48N8O10S/c52-39-36-22-30(60-37-23-35(26-11-10-13-28(21-26)51(56)57)44-38-32-16-8-9-17-33(32)47-50(37)38)25-49(36)40(53)34(45-42(55)61-29-14-6-7-15-29)18-5-3-1-2-4-12-27-24-43(27,46-39)41(54)48-62(58,59)31-19-20-31/h4,8-13,16-17,21,23,27,29-31,34,36H,1-3,5-7,14-15,18-20,22,24-25H2,(H,45,55)(H,46,52)(H,48,54)/b12-4-/t27-,30+,34-,36-,43+/m0/s1. The van der Waals surface area contributed by atoms with E-state index >= 15 is 0 Å². The Bertz CT molecular complexity index is 2590. The van der Waals surface area contributed by atoms with E-state index in [1.54, 1.807) is 18.2 Å². The first kappa shape index (κ1) is 41.3. The maximum atomic E-state index is 14.8. The zero-order valence-corrected chi connectivity index (χ0v) is 34.8. The van der Waals surface area contributed by atoms with Gasteiger partial charge in [0.1, 0.15) is 29.8 Å². The SMILES string of the molecule is O=C(N[C@H]1CCCCC/C=C\[C@H]2C[C@@]2(C(=O)NS(=O)(=O)C2CC2)NC(=O)[C@@H]2C[C@@H](Oc3cc(-c4cccc([N+](=O)[O-])c4)nc4c5ccccc5nn34)CN2C1=O)OC1CCCC1. The first-order valence-corrected chi connectivity index (χ1v) is 23.0. The minimum atomic E-state index is -3.94. The molecule has 1 saturated heterocycles. The van der Waals surface area contributed by atoms with Gasteiger partial charge in [-0.15, -0.1) is 0 Å². The Labute approximate surface area is 357 Å². The molecule has 5 atom stereocenters. The molecule has 0 radical (unpaired) electrons. The number of allylic oxidation sites excluding steroid dienone is 1. The van der Waals surface area contributed by atoms with Crippen LogP contribution in [0.3, 0.4) is 0 Å². The van der Waals surface area contributed by atoms with Gasteiger partial charge in [0.05, 0.1) is 27.9 Å². The number of benzene rings is 2. The highest BCUT2D eigenvalue weighted by atomic mass is 32.2. The van der Waals surface area contributed by atoms with Crippen LogP contribution >= 0.6 is 0 Å². The van der Waals surface area contributed by atoms with Crippen molar-refractivity contribution in [1.29, 1.82) is 0 Å². The predicted molar refractivity (Wildman–Crippen MR) is 224 cm³/mol. The average molecular weight is 869 g/mol. The number of ether oxygens (including phenoxy) is 2. The normalized spacial score (nSPS) is 26.4. The molecule has 5 aliphatic rings. The maximum Gasteiger partial charge on any atom is 0.408 e. The zero-order valence-electron chi connectivity index (χ0n) is 33.9. The van der Waals surface area contributed by atoms with E-state index in [0.29, 0.717) is 53.5 Å². The van der Waals surface area contributed by atoms with Gasteiger partial charge in [-0.3, -0.25) is 29.2 Å². The van der Waals surface area contributed by atoms with Gasteiger partial charge in [0.2, 0.25) is 27.7 Å². The van der Waals surface area contributed by atoms with E-state index in [1.165, 1.54) is 21.5 Å². The number of nitrogens with zero attached hydrogens (tertiary/aromatic N) is 5. The lowest BCUT2D eigenvalue weighted by molar-refractivity contribution is -0.384. The number of fused-ring (bicyclic) bond motifs is 5. The third-order valence-electron chi connectivity index (χ3n) is 12.6. The predicted octanol–water partition coefficient (Wildman–Crippen LogP) is 4.85. The molecular weight excluding hydrogens is 821 g/mol. The highest BCUT2D eigenvalue weighted by Crippen LogP contribution is 2.46. The Morgan fingerprint density at radius 2 is 1.74 bits per heavy atom. The lowest BCUT2D eigenvalue weighted by Crippen LogP contribution is -2.58. The van der Waals surface area contributed by atoms with E-state index in [9.17, 15) is 37.7 Å². The van der Waals surface area contributed by atoms with Gasteiger partial charge in [-0.05, 0) is 76.3 Å². The molecule has 4 amide bonds. The number of nitro groups is 1. The van der Waals surface area contributed by atoms with Gasteiger partial charge in [0.15, 0.2) is 5.65 Å². The van der Waals surface area contributed by atoms with E-state index in [-0.39, 0.29) is 43.5 Å². The van der Waals surface area contributed by atoms with Crippen LogP contribution in [0.15, 0.2) is 66.7 Å². The Morgan fingerprint density at radius 3 is 2.53 bits per heavy atom. The number of nitro benzene ring substituents is 1. The monoisotopic (exact) mass is 868 g/mol. The first-order chi connectivity index (χ1) is 29.9. The minimum absolute atomic E-state index is 0.0495. The Morgan fingerprint density at radius 1 is 0.952 bits per heavy atom. The molecule has 9 rings (SSSR count). The Balaban J connectivity index is 1.06. The zero-order chi connectivity index (χ0) is 43.2. The molecule has 4 fully saturated rings. The molecule has 19 heteroatoms. The minimum Gasteiger partial charge on any atom is -0.472 e. The summed E-state index contributed by atoms with van der Waals surface area (Å²) in [6.45, 7) is -0.109. The van der Waals surface area contributed by atoms with Gasteiger partial charge < -0.3 is 25.0 Å². The first-order valence-electron chi connectivity index (χ1n) is 21.4. The number of aromatic nitrogens is 3. The van der Waals surface area contributed by atoms with E-state index in [4.69, 9.17) is 19.6 Å². The smallest absolute Gasteiger partial charge is 0.408 e. The third kappa shape index (κ3) is 8.41. The van der Waals surface area contributed by atoms with Crippen LogP contribution in [-0.4, -0.2) is 98.3 Å². The second-order valence-corrected chi connectivity index (χ2v) is 19.0. The topological polar surface area (TPSA) is 234 Å². The fourth-order valence-corrected chi connectivity index (χ4v) is 10.3. The third-order valence-corrected chi connectivity index (χ3v) is 14.4. The van der Waals surface area contributed by atoms with Crippen molar-refractivity contribution >= 4 is 56.1 Å². The lowest BCUT2D eigenvalue weighted by atomic mass is 10.0. The molecule has 0 bridgehead atoms. The van der Waals surface area contributed by atoms with Gasteiger partial charge in [0, 0.05) is 41.5 Å². The molecule has 3 saturated carbocycles. The number of alkyl carbamates (subject to hydrolysis) is 1. The number of rotatable bonds is 9. The molecule has 3 N–H and O–H groups in total. The van der Waals surface area contributed by atoms with Crippen molar-refractivity contribution in [2.75, 3.05) is 6.54 Å². The molecule has 0 unspecified atom stereocenters. The Hall–Kier alpha value is -6.11. The van der Waals surface area contributed by atoms with Crippen molar-refractivity contribution in [3.8, 4) is 17.1 Å². The van der Waals surface area contributed by atoms with Crippen LogP contribution in [-0.2, 0) is 29.1 Å². The van der Waals surface area contributed by atoms with E-state index in [0.717, 1.165) is 38.5 Å². The number of carbonyl (C=O) groups is 4. The number of amides is 4. The summed E-state index contributed by atoms with van der Waals surface area (Å²) >= 11 is 0. The fourth-order valence-electron chi connectivity index (χ4n) is 8.97. The summed E-state index contributed by atoms with van der Waals surface area (Å²) < 4.78 is 42.0. The molecule has 0 spiro atoms. The molecule has 2 aromatic heterocycles. The summed E-state index contributed by atoms with van der Waals surface area (Å²) in [4.78, 5) is 74.0. The molecule has 4 heterocycles. The maximum absolute atomic E-state index is 14.8. The van der Waals surface area contributed by atoms with Crippen molar-refractivity contribution in [1.82, 2.24) is 34.9 Å². The quantitative estimate of drug-likeness (QED) is 0.116. The van der Waals surface area contributed by atoms with Crippen LogP contribution in [0.2, 0.25) is 0 Å². The summed E-state index contributed by atoms with van der Waals surface area (Å²) in [5.41, 5.74) is 0.127. The summed E-state index contributed by atoms with van der Waals surface area (Å²) in [7, 11) is -3.94. The van der Waals surface area contributed by atoms with Crippen LogP contribution in [0.4, 0.5) is 10.5 Å². The van der Waals surface area contributed by atoms with Gasteiger partial charge in [-0.25, -0.2) is 18.2 Å². The average Bonchev–Trinajstić information content (AvgIpc) is 4.06. The van der Waals surface area contributed by atoms with Crippen molar-refractivity contribution in [3.05, 3.63) is 76.9 Å². The molecule has 62 heavy (non-hydrogen) atoms. The van der Waals surface area contributed by atoms with Crippen molar-refractivity contribution < 1.29 is 42.0 Å². The van der Waals surface area contributed by atoms with E-state index in [2.05, 4.69) is 15.4 Å². The molecule has 3 aliphatic carbocycles. The molecule has 2 aromatic carbocycles. The van der Waals surface area contributed by atoms with Gasteiger partial charge in [-0.1, -0.05) is 49.3 Å². The number of carbonyl (C=O) groups excluding carboxylic acids is 4. The van der Waals surface area contributed by atoms with Gasteiger partial charge in [0.25, 0.3) is 11.6 Å². The van der Waals surface area contributed by atoms with E-state index in [1.807, 2.05) is 36.4 Å². The molecule has 18 nitrogen and oxygen atoms in total. The number of hydrogen-bond acceptors (Lipinski definition) is 12. The van der Waals surface area contributed by atoms with Crippen LogP contribution in [0, 0.1) is 16.0 Å². The fraction of sp³-hybridized carbons (Fsp3) is 0.488. The van der Waals surface area contributed by atoms with Crippen LogP contribution in [0.25, 0.3) is 27.8 Å².